The number of aliphatic carboxylic acids is 1. The van der Waals surface area contributed by atoms with Gasteiger partial charge in [-0.2, -0.15) is 0 Å². The van der Waals surface area contributed by atoms with Crippen LogP contribution in [-0.2, 0) is 42.9 Å². The van der Waals surface area contributed by atoms with E-state index in [9.17, 15) is 34.5 Å². The first kappa shape index (κ1) is 72.1. The highest BCUT2D eigenvalue weighted by molar-refractivity contribution is 5.74. The summed E-state index contributed by atoms with van der Waals surface area (Å²) >= 11 is 0. The van der Waals surface area contributed by atoms with E-state index in [4.69, 9.17) is 23.7 Å². The van der Waals surface area contributed by atoms with Gasteiger partial charge in [-0.3, -0.25) is 14.4 Å². The minimum Gasteiger partial charge on any atom is -0.479 e. The second-order valence-electron chi connectivity index (χ2n) is 20.2. The van der Waals surface area contributed by atoms with Crippen LogP contribution in [0, 0.1) is 0 Å². The second kappa shape index (κ2) is 53.7. The van der Waals surface area contributed by atoms with E-state index in [-0.39, 0.29) is 25.9 Å². The average Bonchev–Trinajstić information content (AvgIpc) is 3.46. The van der Waals surface area contributed by atoms with Gasteiger partial charge in [0.25, 0.3) is 0 Å². The molecular formula is C67H106O12. The molecule has 3 N–H and O–H groups in total. The molecule has 0 saturated carbocycles. The normalized spacial score (nSPS) is 18.7. The fourth-order valence-electron chi connectivity index (χ4n) is 8.44. The molecule has 446 valence electrons. The molecule has 0 aromatic heterocycles. The largest absolute Gasteiger partial charge is 0.479 e. The zero-order valence-electron chi connectivity index (χ0n) is 49.1. The van der Waals surface area contributed by atoms with Crippen LogP contribution in [0.4, 0.5) is 0 Å². The predicted octanol–water partition coefficient (Wildman–Crippen LogP) is 16.0. The number of rotatable bonds is 50. The number of aliphatic hydroxyl groups is 2. The molecule has 6 atom stereocenters. The van der Waals surface area contributed by atoms with Crippen LogP contribution in [0.3, 0.4) is 0 Å². The molecule has 1 heterocycles. The minimum atomic E-state index is -1.93. The summed E-state index contributed by atoms with van der Waals surface area (Å²) in [6.07, 6.45) is 61.8. The summed E-state index contributed by atoms with van der Waals surface area (Å²) < 4.78 is 28.3. The van der Waals surface area contributed by atoms with E-state index in [0.717, 1.165) is 89.9 Å². The third-order valence-corrected chi connectivity index (χ3v) is 13.0. The van der Waals surface area contributed by atoms with E-state index in [1.807, 2.05) is 12.2 Å². The van der Waals surface area contributed by atoms with Crippen molar-refractivity contribution in [2.24, 2.45) is 0 Å². The van der Waals surface area contributed by atoms with Crippen LogP contribution < -0.4 is 0 Å². The van der Waals surface area contributed by atoms with Crippen LogP contribution >= 0.6 is 0 Å². The number of allylic oxidation sites excluding steroid dienone is 20. The molecule has 0 aromatic rings. The number of carbonyl (C=O) groups excluding carboxylic acids is 3. The van der Waals surface area contributed by atoms with Crippen molar-refractivity contribution in [3.63, 3.8) is 0 Å². The summed E-state index contributed by atoms with van der Waals surface area (Å²) in [5.74, 6) is -3.29. The van der Waals surface area contributed by atoms with E-state index >= 15 is 0 Å². The third kappa shape index (κ3) is 43.6. The van der Waals surface area contributed by atoms with Crippen molar-refractivity contribution in [3.05, 3.63) is 122 Å². The van der Waals surface area contributed by atoms with Crippen LogP contribution in [0.25, 0.3) is 0 Å². The molecule has 6 unspecified atom stereocenters. The Hall–Kier alpha value is -4.88. The van der Waals surface area contributed by atoms with Gasteiger partial charge in [-0.15, -0.1) is 0 Å². The predicted molar refractivity (Wildman–Crippen MR) is 321 cm³/mol. The first-order valence-corrected chi connectivity index (χ1v) is 30.5. The van der Waals surface area contributed by atoms with Gasteiger partial charge in [-0.05, 0) is 96.3 Å². The number of aliphatic hydroxyl groups excluding tert-OH is 2. The molecule has 1 aliphatic heterocycles. The van der Waals surface area contributed by atoms with Crippen molar-refractivity contribution >= 4 is 23.9 Å². The molecule has 0 bridgehead atoms. The zero-order valence-corrected chi connectivity index (χ0v) is 49.1. The Morgan fingerprint density at radius 2 is 0.823 bits per heavy atom. The van der Waals surface area contributed by atoms with Crippen molar-refractivity contribution < 1.29 is 58.2 Å². The SMILES string of the molecule is CC/C=C\C/C=C\C/C=C\C/C=C\C/C=C\C/C=C\CCC(=O)OCC(COC1OC(C(=O)O)C(O)C(O)C1OC(=O)CCCC/C=C\C/C=C\C/C=C\C/C=C\CC)OC(=O)CCCCCCCCCCCCCCCCC. The fourth-order valence-corrected chi connectivity index (χ4v) is 8.44. The van der Waals surface area contributed by atoms with Gasteiger partial charge in [-0.1, -0.05) is 232 Å². The van der Waals surface area contributed by atoms with E-state index < -0.39 is 67.3 Å². The van der Waals surface area contributed by atoms with Crippen molar-refractivity contribution in [3.8, 4) is 0 Å². The Morgan fingerprint density at radius 3 is 1.27 bits per heavy atom. The minimum absolute atomic E-state index is 0.00398. The lowest BCUT2D eigenvalue weighted by Crippen LogP contribution is -2.61. The van der Waals surface area contributed by atoms with E-state index in [1.54, 1.807) is 0 Å². The summed E-state index contributed by atoms with van der Waals surface area (Å²) in [5.41, 5.74) is 0. The smallest absolute Gasteiger partial charge is 0.335 e. The topological polar surface area (TPSA) is 175 Å². The molecule has 1 saturated heterocycles. The van der Waals surface area contributed by atoms with Crippen molar-refractivity contribution in [1.82, 2.24) is 0 Å². The molecule has 0 aromatic carbocycles. The van der Waals surface area contributed by atoms with Crippen LogP contribution in [0.2, 0.25) is 0 Å². The molecule has 0 amide bonds. The summed E-state index contributed by atoms with van der Waals surface area (Å²) in [6.45, 7) is 5.68. The Morgan fingerprint density at radius 1 is 0.430 bits per heavy atom. The lowest BCUT2D eigenvalue weighted by molar-refractivity contribution is -0.301. The molecule has 1 fully saturated rings. The number of hydrogen-bond acceptors (Lipinski definition) is 11. The number of carboxylic acid groups (broad SMARTS) is 1. The maximum absolute atomic E-state index is 13.2. The maximum Gasteiger partial charge on any atom is 0.335 e. The monoisotopic (exact) mass is 1100 g/mol. The van der Waals surface area contributed by atoms with Crippen LogP contribution in [0.5, 0.6) is 0 Å². The molecule has 12 nitrogen and oxygen atoms in total. The zero-order chi connectivity index (χ0) is 57.5. The summed E-state index contributed by atoms with van der Waals surface area (Å²) in [4.78, 5) is 51.2. The quantitative estimate of drug-likeness (QED) is 0.0228. The van der Waals surface area contributed by atoms with E-state index in [0.29, 0.717) is 25.7 Å². The number of ether oxygens (including phenoxy) is 5. The van der Waals surface area contributed by atoms with Crippen LogP contribution in [0.15, 0.2) is 122 Å². The average molecular weight is 1100 g/mol. The lowest BCUT2D eigenvalue weighted by Gasteiger charge is -2.40. The van der Waals surface area contributed by atoms with Gasteiger partial charge in [0.15, 0.2) is 24.6 Å². The molecule has 0 radical (unpaired) electrons. The number of carbonyl (C=O) groups is 4. The van der Waals surface area contributed by atoms with Gasteiger partial charge in [0, 0.05) is 19.3 Å². The van der Waals surface area contributed by atoms with Gasteiger partial charge < -0.3 is 39.0 Å². The number of hydrogen-bond donors (Lipinski definition) is 3. The second-order valence-corrected chi connectivity index (χ2v) is 20.2. The highest BCUT2D eigenvalue weighted by atomic mass is 16.7. The van der Waals surface area contributed by atoms with Gasteiger partial charge in [-0.25, -0.2) is 4.79 Å². The van der Waals surface area contributed by atoms with Crippen molar-refractivity contribution in [2.45, 2.75) is 263 Å². The number of carboxylic acids is 1. The Labute approximate surface area is 478 Å². The van der Waals surface area contributed by atoms with Crippen LogP contribution in [0.1, 0.15) is 226 Å². The van der Waals surface area contributed by atoms with E-state index in [2.05, 4.69) is 130 Å². The molecule has 1 aliphatic rings. The highest BCUT2D eigenvalue weighted by Crippen LogP contribution is 2.26. The van der Waals surface area contributed by atoms with E-state index in [1.165, 1.54) is 70.6 Å². The lowest BCUT2D eigenvalue weighted by atomic mass is 9.98. The molecule has 1 rings (SSSR count). The molecule has 79 heavy (non-hydrogen) atoms. The van der Waals surface area contributed by atoms with Crippen LogP contribution in [-0.4, -0.2) is 89.2 Å². The highest BCUT2D eigenvalue weighted by Gasteiger charge is 2.50. The first-order chi connectivity index (χ1) is 38.6. The maximum atomic E-state index is 13.2. The van der Waals surface area contributed by atoms with Gasteiger partial charge in [0.05, 0.1) is 6.61 Å². The molecule has 12 heteroatoms. The molecule has 0 spiro atoms. The Balaban J connectivity index is 2.76. The first-order valence-electron chi connectivity index (χ1n) is 30.5. The number of unbranched alkanes of at least 4 members (excludes halogenated alkanes) is 16. The van der Waals surface area contributed by atoms with Crippen molar-refractivity contribution in [2.75, 3.05) is 13.2 Å². The third-order valence-electron chi connectivity index (χ3n) is 13.0. The number of esters is 3. The Bertz CT molecular complexity index is 1840. The Kier molecular flexibility index (Phi) is 49.1. The van der Waals surface area contributed by atoms with Gasteiger partial charge >= 0.3 is 23.9 Å². The van der Waals surface area contributed by atoms with Gasteiger partial charge in [0.2, 0.25) is 0 Å². The molecule has 0 aliphatic carbocycles. The standard InChI is InChI=1S/C67H106O12/c1-4-7-10-13-16-19-22-25-28-29-30-31-34-35-38-41-44-47-50-53-59(68)75-56-58(77-60(69)54-51-48-45-42-39-36-32-26-23-20-17-14-11-8-5-2)57-76-67-65(63(72)62(71)64(79-67)66(73)74)78-61(70)55-52-49-46-43-40-37-33-27-24-21-18-15-12-9-6-3/h7,9-10,12,16,18-19,21,25,27-28,30-31,33,35,38,40,43-44,47,58,62-65,67,71-72H,4-6,8,11,13-15,17,20,22-24,26,29,32,34,36-37,39,41-42,45-46,48-57H2,1-3H3,(H,73,74)/b10-7-,12-9-,19-16-,21-18-,28-25-,31-30-,33-27-,38-35-,43-40-,47-44-. The van der Waals surface area contributed by atoms with Gasteiger partial charge in [0.1, 0.15) is 18.8 Å². The fraction of sp³-hybridized carbons (Fsp3) is 0.642. The van der Waals surface area contributed by atoms with Crippen molar-refractivity contribution in [1.29, 1.82) is 0 Å². The molecular weight excluding hydrogens is 997 g/mol. The summed E-state index contributed by atoms with van der Waals surface area (Å²) in [6, 6.07) is 0. The summed E-state index contributed by atoms with van der Waals surface area (Å²) in [5, 5.41) is 31.5. The summed E-state index contributed by atoms with van der Waals surface area (Å²) in [7, 11) is 0.